The molecule has 1 heterocycles. The summed E-state index contributed by atoms with van der Waals surface area (Å²) in [5, 5.41) is 11.6. The molecule has 0 spiro atoms. The lowest BCUT2D eigenvalue weighted by Crippen LogP contribution is -2.41. The van der Waals surface area contributed by atoms with Crippen molar-refractivity contribution in [1.29, 1.82) is 0 Å². The van der Waals surface area contributed by atoms with Gasteiger partial charge in [0.1, 0.15) is 6.79 Å². The molecule has 3 N–H and O–H groups in total. The molecule has 2 unspecified atom stereocenters. The van der Waals surface area contributed by atoms with Gasteiger partial charge in [-0.15, -0.1) is 11.3 Å². The number of nitrogens with one attached hydrogen (secondary N) is 2. The molecule has 0 fully saturated rings. The maximum atomic E-state index is 12.6. The summed E-state index contributed by atoms with van der Waals surface area (Å²) in [6.45, 7) is 4.34. The number of hydroxylamine groups is 1. The van der Waals surface area contributed by atoms with Crippen LogP contribution < -0.4 is 10.8 Å². The van der Waals surface area contributed by atoms with E-state index in [9.17, 15) is 9.59 Å². The van der Waals surface area contributed by atoms with Gasteiger partial charge >= 0.3 is 0 Å². The highest BCUT2D eigenvalue weighted by atomic mass is 32.1. The van der Waals surface area contributed by atoms with Crippen LogP contribution in [0.3, 0.4) is 0 Å². The summed E-state index contributed by atoms with van der Waals surface area (Å²) in [7, 11) is 0. The van der Waals surface area contributed by atoms with Crippen molar-refractivity contribution in [2.24, 2.45) is 5.92 Å². The number of fused-ring (bicyclic) bond motifs is 1. The number of carbonyl (C=O) groups excluding carboxylic acids is 2. The number of nitrogens with zero attached hydrogens (tertiary/aromatic N) is 1. The van der Waals surface area contributed by atoms with E-state index in [2.05, 4.69) is 10.3 Å². The van der Waals surface area contributed by atoms with E-state index in [-0.39, 0.29) is 19.3 Å². The number of aromatic nitrogens is 1. The summed E-state index contributed by atoms with van der Waals surface area (Å²) in [5.74, 6) is -1.27. The Morgan fingerprint density at radius 3 is 2.88 bits per heavy atom. The van der Waals surface area contributed by atoms with Crippen molar-refractivity contribution in [1.82, 2.24) is 15.8 Å². The minimum atomic E-state index is -0.514. The third-order valence-electron chi connectivity index (χ3n) is 3.81. The van der Waals surface area contributed by atoms with Gasteiger partial charge in [0, 0.05) is 18.1 Å². The number of rotatable bonds is 10. The fraction of sp³-hybridized carbons (Fsp3) is 0.471. The molecule has 2 atom stereocenters. The number of thiazole rings is 1. The summed E-state index contributed by atoms with van der Waals surface area (Å²) in [6, 6.07) is 4.87. The fourth-order valence-electron chi connectivity index (χ4n) is 2.41. The minimum absolute atomic E-state index is 0.107. The topological polar surface area (TPSA) is 110 Å². The molecule has 1 aromatic heterocycles. The summed E-state index contributed by atoms with van der Waals surface area (Å²) < 4.78 is 11.5. The Labute approximate surface area is 155 Å². The monoisotopic (exact) mass is 381 g/mol. The number of amides is 2. The van der Waals surface area contributed by atoms with E-state index < -0.39 is 17.9 Å². The molecule has 0 saturated heterocycles. The molecule has 2 amide bonds. The zero-order valence-electron chi connectivity index (χ0n) is 14.7. The molecule has 0 aliphatic rings. The second kappa shape index (κ2) is 10.2. The van der Waals surface area contributed by atoms with Crippen molar-refractivity contribution in [3.8, 4) is 0 Å². The lowest BCUT2D eigenvalue weighted by atomic mass is 10.0. The van der Waals surface area contributed by atoms with E-state index >= 15 is 0 Å². The van der Waals surface area contributed by atoms with Gasteiger partial charge in [0.05, 0.1) is 28.4 Å². The van der Waals surface area contributed by atoms with Gasteiger partial charge in [-0.2, -0.15) is 0 Å². The van der Waals surface area contributed by atoms with Crippen LogP contribution in [0.5, 0.6) is 0 Å². The molecule has 8 nitrogen and oxygen atoms in total. The van der Waals surface area contributed by atoms with Crippen LogP contribution in [0.4, 0.5) is 0 Å². The van der Waals surface area contributed by atoms with Crippen LogP contribution in [0.2, 0.25) is 0 Å². The van der Waals surface area contributed by atoms with Crippen molar-refractivity contribution in [2.75, 3.05) is 20.0 Å². The third kappa shape index (κ3) is 5.73. The Hall–Kier alpha value is -2.07. The molecule has 0 aliphatic carbocycles. The Morgan fingerprint density at radius 2 is 2.15 bits per heavy atom. The first-order valence-corrected chi connectivity index (χ1v) is 9.16. The predicted molar refractivity (Wildman–Crippen MR) is 97.0 cm³/mol. The standard InChI is InChI=1S/C17H23N3O5S/c1-3-24-10-25-8-13(6-11(2)16(21)20-23)19-17(22)12-4-5-14-15(7-12)26-9-18-14/h4-5,7,9,11,13,23H,3,6,8,10H2,1-2H3,(H,19,22)(H,20,21). The highest BCUT2D eigenvalue weighted by Crippen LogP contribution is 2.19. The summed E-state index contributed by atoms with van der Waals surface area (Å²) >= 11 is 1.46. The molecular weight excluding hydrogens is 358 g/mol. The Balaban J connectivity index is 2.02. The third-order valence-corrected chi connectivity index (χ3v) is 4.61. The molecule has 0 saturated carbocycles. The average Bonchev–Trinajstić information content (AvgIpc) is 3.11. The van der Waals surface area contributed by atoms with E-state index in [0.717, 1.165) is 10.2 Å². The highest BCUT2D eigenvalue weighted by molar-refractivity contribution is 7.16. The first-order valence-electron chi connectivity index (χ1n) is 8.28. The molecule has 2 aromatic rings. The zero-order chi connectivity index (χ0) is 18.9. The number of hydrogen-bond acceptors (Lipinski definition) is 7. The average molecular weight is 381 g/mol. The number of benzene rings is 1. The molecule has 26 heavy (non-hydrogen) atoms. The summed E-state index contributed by atoms with van der Waals surface area (Å²) in [5.41, 5.74) is 4.71. The van der Waals surface area contributed by atoms with Crippen LogP contribution in [-0.4, -0.2) is 48.1 Å². The Bertz CT molecular complexity index is 736. The van der Waals surface area contributed by atoms with E-state index in [1.807, 2.05) is 6.92 Å². The van der Waals surface area contributed by atoms with Gasteiger partial charge in [0.2, 0.25) is 5.91 Å². The minimum Gasteiger partial charge on any atom is -0.356 e. The number of carbonyl (C=O) groups is 2. The predicted octanol–water partition coefficient (Wildman–Crippen LogP) is 1.94. The summed E-state index contributed by atoms with van der Waals surface area (Å²) in [6.07, 6.45) is 0.313. The molecule has 0 aliphatic heterocycles. The maximum Gasteiger partial charge on any atom is 0.251 e. The van der Waals surface area contributed by atoms with Gasteiger partial charge in [-0.05, 0) is 31.5 Å². The van der Waals surface area contributed by atoms with Crippen LogP contribution in [0, 0.1) is 5.92 Å². The first kappa shape index (κ1) is 20.2. The van der Waals surface area contributed by atoms with Crippen molar-refractivity contribution >= 4 is 33.4 Å². The molecule has 1 aromatic carbocycles. The fourth-order valence-corrected chi connectivity index (χ4v) is 3.13. The van der Waals surface area contributed by atoms with Crippen molar-refractivity contribution in [3.63, 3.8) is 0 Å². The lowest BCUT2D eigenvalue weighted by Gasteiger charge is -2.21. The van der Waals surface area contributed by atoms with E-state index in [1.165, 1.54) is 11.3 Å². The van der Waals surface area contributed by atoms with Crippen LogP contribution in [0.15, 0.2) is 23.7 Å². The maximum absolute atomic E-state index is 12.6. The van der Waals surface area contributed by atoms with E-state index in [1.54, 1.807) is 36.1 Å². The second-order valence-corrected chi connectivity index (χ2v) is 6.69. The van der Waals surface area contributed by atoms with Crippen molar-refractivity contribution in [3.05, 3.63) is 29.3 Å². The number of ether oxygens (including phenoxy) is 2. The molecule has 2 rings (SSSR count). The van der Waals surface area contributed by atoms with Gasteiger partial charge in [-0.1, -0.05) is 6.92 Å². The molecular formula is C17H23N3O5S. The van der Waals surface area contributed by atoms with Gasteiger partial charge in [0.15, 0.2) is 0 Å². The van der Waals surface area contributed by atoms with Crippen LogP contribution in [0.1, 0.15) is 30.6 Å². The quantitative estimate of drug-likeness (QED) is 0.251. The lowest BCUT2D eigenvalue weighted by molar-refractivity contribution is -0.133. The molecule has 0 bridgehead atoms. The van der Waals surface area contributed by atoms with Gasteiger partial charge in [0.25, 0.3) is 5.91 Å². The molecule has 142 valence electrons. The molecule has 9 heteroatoms. The zero-order valence-corrected chi connectivity index (χ0v) is 15.5. The van der Waals surface area contributed by atoms with Crippen molar-refractivity contribution in [2.45, 2.75) is 26.3 Å². The van der Waals surface area contributed by atoms with Crippen LogP contribution >= 0.6 is 11.3 Å². The van der Waals surface area contributed by atoms with Crippen molar-refractivity contribution < 1.29 is 24.3 Å². The van der Waals surface area contributed by atoms with Gasteiger partial charge in [-0.3, -0.25) is 14.8 Å². The highest BCUT2D eigenvalue weighted by Gasteiger charge is 2.21. The normalized spacial score (nSPS) is 13.3. The molecule has 0 radical (unpaired) electrons. The van der Waals surface area contributed by atoms with Crippen LogP contribution in [-0.2, 0) is 14.3 Å². The van der Waals surface area contributed by atoms with Crippen LogP contribution in [0.25, 0.3) is 10.2 Å². The van der Waals surface area contributed by atoms with Gasteiger partial charge < -0.3 is 14.8 Å². The Morgan fingerprint density at radius 1 is 1.35 bits per heavy atom. The van der Waals surface area contributed by atoms with E-state index in [4.69, 9.17) is 14.7 Å². The summed E-state index contributed by atoms with van der Waals surface area (Å²) in [4.78, 5) is 28.3. The SMILES string of the molecule is CCOCOCC(CC(C)C(=O)NO)NC(=O)c1ccc2ncsc2c1. The van der Waals surface area contributed by atoms with E-state index in [0.29, 0.717) is 18.6 Å². The smallest absolute Gasteiger partial charge is 0.251 e. The largest absolute Gasteiger partial charge is 0.356 e. The number of hydrogen-bond donors (Lipinski definition) is 3. The first-order chi connectivity index (χ1) is 12.5. The Kier molecular flexibility index (Phi) is 7.92. The second-order valence-electron chi connectivity index (χ2n) is 5.80. The van der Waals surface area contributed by atoms with Gasteiger partial charge in [-0.25, -0.2) is 10.5 Å².